The van der Waals surface area contributed by atoms with Gasteiger partial charge in [0, 0.05) is 17.5 Å². The van der Waals surface area contributed by atoms with Gasteiger partial charge in [-0.15, -0.1) is 11.3 Å². The van der Waals surface area contributed by atoms with Crippen LogP contribution in [0.1, 0.15) is 40.5 Å². The van der Waals surface area contributed by atoms with Crippen molar-refractivity contribution in [1.82, 2.24) is 4.98 Å². The Morgan fingerprint density at radius 1 is 1.09 bits per heavy atom. The highest BCUT2D eigenvalue weighted by Gasteiger charge is 2.11. The summed E-state index contributed by atoms with van der Waals surface area (Å²) in [5.74, 6) is -0.796. The molecule has 0 aliphatic carbocycles. The summed E-state index contributed by atoms with van der Waals surface area (Å²) in [7, 11) is 0. The molecule has 116 valence electrons. The SMILES string of the molecule is CCCC(=O)c1ccc2nc(-c3ccc(C(=O)O)cc3)sc2c1. The number of nitrogens with zero attached hydrogens (tertiary/aromatic N) is 1. The molecule has 3 rings (SSSR count). The Bertz CT molecular complexity index is 881. The number of carbonyl (C=O) groups excluding carboxylic acids is 1. The van der Waals surface area contributed by atoms with Crippen molar-refractivity contribution in [1.29, 1.82) is 0 Å². The maximum Gasteiger partial charge on any atom is 0.335 e. The molecule has 4 nitrogen and oxygen atoms in total. The quantitative estimate of drug-likeness (QED) is 0.694. The Morgan fingerprint density at radius 2 is 1.78 bits per heavy atom. The van der Waals surface area contributed by atoms with E-state index in [1.807, 2.05) is 25.1 Å². The summed E-state index contributed by atoms with van der Waals surface area (Å²) in [6, 6.07) is 12.2. The van der Waals surface area contributed by atoms with Crippen LogP contribution in [0.25, 0.3) is 20.8 Å². The summed E-state index contributed by atoms with van der Waals surface area (Å²) in [6.45, 7) is 1.99. The smallest absolute Gasteiger partial charge is 0.335 e. The van der Waals surface area contributed by atoms with Gasteiger partial charge in [-0.3, -0.25) is 4.79 Å². The lowest BCUT2D eigenvalue weighted by atomic mass is 10.1. The Balaban J connectivity index is 1.96. The van der Waals surface area contributed by atoms with Gasteiger partial charge in [0.05, 0.1) is 15.8 Å². The van der Waals surface area contributed by atoms with Gasteiger partial charge in [-0.2, -0.15) is 0 Å². The molecular formula is C18H15NO3S. The molecule has 0 bridgehead atoms. The number of thiazole rings is 1. The molecule has 0 spiro atoms. The van der Waals surface area contributed by atoms with Gasteiger partial charge in [0.25, 0.3) is 0 Å². The average Bonchev–Trinajstić information content (AvgIpc) is 2.98. The second-order valence-electron chi connectivity index (χ2n) is 5.26. The van der Waals surface area contributed by atoms with E-state index >= 15 is 0 Å². The van der Waals surface area contributed by atoms with Crippen LogP contribution in [0.4, 0.5) is 0 Å². The van der Waals surface area contributed by atoms with Crippen LogP contribution >= 0.6 is 11.3 Å². The van der Waals surface area contributed by atoms with Crippen LogP contribution in [0.15, 0.2) is 42.5 Å². The van der Waals surface area contributed by atoms with Gasteiger partial charge in [-0.05, 0) is 36.8 Å². The van der Waals surface area contributed by atoms with Crippen molar-refractivity contribution in [2.75, 3.05) is 0 Å². The Labute approximate surface area is 137 Å². The van der Waals surface area contributed by atoms with E-state index in [1.165, 1.54) is 11.3 Å². The topological polar surface area (TPSA) is 67.3 Å². The average molecular weight is 325 g/mol. The number of carboxylic acids is 1. The maximum atomic E-state index is 12.0. The number of benzene rings is 2. The number of hydrogen-bond acceptors (Lipinski definition) is 4. The number of aromatic nitrogens is 1. The van der Waals surface area contributed by atoms with Crippen molar-refractivity contribution < 1.29 is 14.7 Å². The molecule has 0 amide bonds. The fourth-order valence-electron chi connectivity index (χ4n) is 2.35. The van der Waals surface area contributed by atoms with E-state index in [0.29, 0.717) is 6.42 Å². The van der Waals surface area contributed by atoms with Gasteiger partial charge in [-0.25, -0.2) is 9.78 Å². The minimum Gasteiger partial charge on any atom is -0.478 e. The first-order valence-electron chi connectivity index (χ1n) is 7.36. The lowest BCUT2D eigenvalue weighted by Crippen LogP contribution is -1.96. The van der Waals surface area contributed by atoms with Gasteiger partial charge in [0.1, 0.15) is 5.01 Å². The summed E-state index contributed by atoms with van der Waals surface area (Å²) < 4.78 is 0.962. The van der Waals surface area contributed by atoms with E-state index in [1.54, 1.807) is 24.3 Å². The number of hydrogen-bond donors (Lipinski definition) is 1. The van der Waals surface area contributed by atoms with E-state index in [9.17, 15) is 9.59 Å². The molecule has 0 radical (unpaired) electrons. The summed E-state index contributed by atoms with van der Waals surface area (Å²) in [5.41, 5.74) is 2.69. The van der Waals surface area contributed by atoms with Crippen molar-refractivity contribution in [2.45, 2.75) is 19.8 Å². The van der Waals surface area contributed by atoms with Crippen molar-refractivity contribution in [2.24, 2.45) is 0 Å². The molecule has 0 unspecified atom stereocenters. The zero-order valence-corrected chi connectivity index (χ0v) is 13.4. The number of ketones is 1. The largest absolute Gasteiger partial charge is 0.478 e. The first-order valence-corrected chi connectivity index (χ1v) is 8.17. The van der Waals surface area contributed by atoms with Crippen molar-refractivity contribution in [3.63, 3.8) is 0 Å². The maximum absolute atomic E-state index is 12.0. The van der Waals surface area contributed by atoms with E-state index in [0.717, 1.165) is 32.8 Å². The Hall–Kier alpha value is -2.53. The molecule has 23 heavy (non-hydrogen) atoms. The number of carboxylic acid groups (broad SMARTS) is 1. The molecule has 0 saturated carbocycles. The minimum absolute atomic E-state index is 0.148. The lowest BCUT2D eigenvalue weighted by Gasteiger charge is -1.98. The Morgan fingerprint density at radius 3 is 2.43 bits per heavy atom. The third kappa shape index (κ3) is 3.14. The molecule has 0 fully saturated rings. The molecule has 0 aliphatic rings. The van der Waals surface area contributed by atoms with E-state index in [-0.39, 0.29) is 11.3 Å². The molecule has 5 heteroatoms. The molecule has 0 atom stereocenters. The normalized spacial score (nSPS) is 10.8. The van der Waals surface area contributed by atoms with Gasteiger partial charge in [0.15, 0.2) is 5.78 Å². The highest BCUT2D eigenvalue weighted by Crippen LogP contribution is 2.31. The molecule has 2 aromatic carbocycles. The first kappa shape index (κ1) is 15.4. The zero-order chi connectivity index (χ0) is 16.4. The van der Waals surface area contributed by atoms with E-state index in [4.69, 9.17) is 5.11 Å². The standard InChI is InChI=1S/C18H15NO3S/c1-2-3-15(20)13-8-9-14-16(10-13)23-17(19-14)11-4-6-12(7-5-11)18(21)22/h4-10H,2-3H2,1H3,(H,21,22). The third-order valence-electron chi connectivity index (χ3n) is 3.57. The zero-order valence-electron chi connectivity index (χ0n) is 12.6. The van der Waals surface area contributed by atoms with Crippen LogP contribution < -0.4 is 0 Å². The number of carbonyl (C=O) groups is 2. The van der Waals surface area contributed by atoms with Crippen LogP contribution in [0, 0.1) is 0 Å². The van der Waals surface area contributed by atoms with E-state index in [2.05, 4.69) is 4.98 Å². The van der Waals surface area contributed by atoms with Gasteiger partial charge in [0.2, 0.25) is 0 Å². The summed E-state index contributed by atoms with van der Waals surface area (Å²) in [5, 5.41) is 9.76. The monoisotopic (exact) mass is 325 g/mol. The molecule has 1 aromatic heterocycles. The summed E-state index contributed by atoms with van der Waals surface area (Å²) in [6.07, 6.45) is 1.38. The van der Waals surface area contributed by atoms with Crippen LogP contribution in [-0.4, -0.2) is 21.8 Å². The first-order chi connectivity index (χ1) is 11.1. The Kier molecular flexibility index (Phi) is 4.21. The van der Waals surface area contributed by atoms with Crippen LogP contribution in [0.2, 0.25) is 0 Å². The van der Waals surface area contributed by atoms with E-state index < -0.39 is 5.97 Å². The second-order valence-corrected chi connectivity index (χ2v) is 6.29. The molecule has 1 N–H and O–H groups in total. The van der Waals surface area contributed by atoms with Crippen LogP contribution in [0.5, 0.6) is 0 Å². The number of fused-ring (bicyclic) bond motifs is 1. The van der Waals surface area contributed by atoms with Crippen LogP contribution in [0.3, 0.4) is 0 Å². The number of aromatic carboxylic acids is 1. The number of Topliss-reactive ketones (excluding diaryl/α,β-unsaturated/α-hetero) is 1. The number of rotatable bonds is 5. The van der Waals surface area contributed by atoms with Crippen molar-refractivity contribution in [3.8, 4) is 10.6 Å². The second kappa shape index (κ2) is 6.30. The van der Waals surface area contributed by atoms with Crippen LogP contribution in [-0.2, 0) is 0 Å². The predicted octanol–water partition coefficient (Wildman–Crippen LogP) is 4.64. The van der Waals surface area contributed by atoms with Crippen molar-refractivity contribution >= 4 is 33.3 Å². The summed E-state index contributed by atoms with van der Waals surface area (Å²) >= 11 is 1.50. The fourth-order valence-corrected chi connectivity index (χ4v) is 3.36. The highest BCUT2D eigenvalue weighted by atomic mass is 32.1. The van der Waals surface area contributed by atoms with Gasteiger partial charge >= 0.3 is 5.97 Å². The predicted molar refractivity (Wildman–Crippen MR) is 91.3 cm³/mol. The fraction of sp³-hybridized carbons (Fsp3) is 0.167. The van der Waals surface area contributed by atoms with Gasteiger partial charge < -0.3 is 5.11 Å². The minimum atomic E-state index is -0.945. The summed E-state index contributed by atoms with van der Waals surface area (Å²) in [4.78, 5) is 27.5. The van der Waals surface area contributed by atoms with Crippen molar-refractivity contribution in [3.05, 3.63) is 53.6 Å². The molecule has 0 saturated heterocycles. The highest BCUT2D eigenvalue weighted by molar-refractivity contribution is 7.21. The molecule has 0 aliphatic heterocycles. The molecule has 1 heterocycles. The molecular weight excluding hydrogens is 310 g/mol. The molecule has 3 aromatic rings. The van der Waals surface area contributed by atoms with Gasteiger partial charge in [-0.1, -0.05) is 19.1 Å². The lowest BCUT2D eigenvalue weighted by molar-refractivity contribution is 0.0696. The third-order valence-corrected chi connectivity index (χ3v) is 4.63.